The van der Waals surface area contributed by atoms with E-state index in [1.54, 1.807) is 0 Å². The van der Waals surface area contributed by atoms with Gasteiger partial charge in [0.15, 0.2) is 0 Å². The Labute approximate surface area is 292 Å². The fourth-order valence-electron chi connectivity index (χ4n) is 7.22. The van der Waals surface area contributed by atoms with Crippen molar-refractivity contribution in [2.75, 3.05) is 0 Å². The van der Waals surface area contributed by atoms with Crippen molar-refractivity contribution >= 4 is 21.5 Å². The van der Waals surface area contributed by atoms with Crippen molar-refractivity contribution in [1.29, 1.82) is 0 Å². The molecule has 9 aromatic rings. The van der Waals surface area contributed by atoms with Gasteiger partial charge < -0.3 is 0 Å². The first kappa shape index (κ1) is 29.5. The molecule has 0 bridgehead atoms. The van der Waals surface area contributed by atoms with Gasteiger partial charge in [-0.1, -0.05) is 133 Å². The minimum Gasteiger partial charge on any atom is -0.265 e. The van der Waals surface area contributed by atoms with E-state index in [1.165, 1.54) is 77.2 Å². The number of rotatable bonds is 6. The summed E-state index contributed by atoms with van der Waals surface area (Å²) >= 11 is 0. The zero-order valence-corrected chi connectivity index (χ0v) is 27.4. The van der Waals surface area contributed by atoms with Crippen molar-refractivity contribution in [3.05, 3.63) is 195 Å². The number of nitrogens with zero attached hydrogens (tertiary/aromatic N) is 2. The molecule has 0 fully saturated rings. The minimum absolute atomic E-state index is 1.16. The van der Waals surface area contributed by atoms with Gasteiger partial charge in [0.1, 0.15) is 0 Å². The lowest BCUT2D eigenvalue weighted by Crippen LogP contribution is -1.93. The van der Waals surface area contributed by atoms with Crippen LogP contribution in [0.15, 0.2) is 195 Å². The van der Waals surface area contributed by atoms with Gasteiger partial charge in [-0.05, 0) is 125 Å². The van der Waals surface area contributed by atoms with Crippen molar-refractivity contribution in [3.8, 4) is 66.8 Å². The molecule has 0 unspecified atom stereocenters. The number of aromatic nitrogens is 2. The van der Waals surface area contributed by atoms with Crippen LogP contribution in [0.3, 0.4) is 0 Å². The highest BCUT2D eigenvalue weighted by Gasteiger charge is 2.19. The lowest BCUT2D eigenvalue weighted by Gasteiger charge is -2.20. The van der Waals surface area contributed by atoms with Gasteiger partial charge in [0.2, 0.25) is 0 Å². The third-order valence-electron chi connectivity index (χ3n) is 9.71. The van der Waals surface area contributed by atoms with Crippen LogP contribution < -0.4 is 0 Å². The van der Waals surface area contributed by atoms with E-state index >= 15 is 0 Å². The van der Waals surface area contributed by atoms with Gasteiger partial charge in [0, 0.05) is 24.8 Å². The van der Waals surface area contributed by atoms with Crippen LogP contribution in [0.4, 0.5) is 0 Å². The van der Waals surface area contributed by atoms with Gasteiger partial charge in [0.25, 0.3) is 0 Å². The molecule has 0 radical (unpaired) electrons. The highest BCUT2D eigenvalue weighted by molar-refractivity contribution is 6.22. The van der Waals surface area contributed by atoms with Gasteiger partial charge in [0.05, 0.1) is 0 Å². The minimum atomic E-state index is 1.16. The van der Waals surface area contributed by atoms with Gasteiger partial charge in [-0.25, -0.2) is 0 Å². The molecule has 0 saturated heterocycles. The fraction of sp³-hybridized carbons (Fsp3) is 0. The highest BCUT2D eigenvalue weighted by Crippen LogP contribution is 2.46. The van der Waals surface area contributed by atoms with Crippen molar-refractivity contribution in [3.63, 3.8) is 0 Å². The maximum absolute atomic E-state index is 4.22. The Kier molecular flexibility index (Phi) is 7.53. The molecule has 234 valence electrons. The van der Waals surface area contributed by atoms with E-state index in [4.69, 9.17) is 0 Å². The molecule has 0 aliphatic heterocycles. The van der Waals surface area contributed by atoms with Gasteiger partial charge in [-0.3, -0.25) is 9.97 Å². The first-order valence-electron chi connectivity index (χ1n) is 17.0. The second-order valence-electron chi connectivity index (χ2n) is 12.6. The predicted molar refractivity (Wildman–Crippen MR) is 210 cm³/mol. The number of hydrogen-bond acceptors (Lipinski definition) is 2. The van der Waals surface area contributed by atoms with Crippen LogP contribution in [0.1, 0.15) is 0 Å². The van der Waals surface area contributed by atoms with Gasteiger partial charge in [-0.2, -0.15) is 0 Å². The van der Waals surface area contributed by atoms with Crippen molar-refractivity contribution in [2.45, 2.75) is 0 Å². The van der Waals surface area contributed by atoms with Crippen LogP contribution in [0.2, 0.25) is 0 Å². The third kappa shape index (κ3) is 5.43. The summed E-state index contributed by atoms with van der Waals surface area (Å²) in [6.45, 7) is 0. The summed E-state index contributed by atoms with van der Waals surface area (Å²) in [6, 6.07) is 61.6. The third-order valence-corrected chi connectivity index (χ3v) is 9.71. The molecule has 2 aromatic heterocycles. The molecule has 7 aromatic carbocycles. The summed E-state index contributed by atoms with van der Waals surface area (Å²) in [7, 11) is 0. The average molecular weight is 637 g/mol. The first-order valence-corrected chi connectivity index (χ1v) is 17.0. The van der Waals surface area contributed by atoms with E-state index in [9.17, 15) is 0 Å². The molecule has 0 atom stereocenters. The van der Waals surface area contributed by atoms with Crippen molar-refractivity contribution < 1.29 is 0 Å². The smallest absolute Gasteiger partial charge is 0.0273 e. The Bertz CT molecular complexity index is 2390. The van der Waals surface area contributed by atoms with E-state index < -0.39 is 0 Å². The standard InChI is InChI=1S/C48H32N2/c1-3-7-33(8-4-1)41-19-21-43-45(31-41)47(39-15-11-35(12-16-39)37-23-27-49-28-24-37)44-22-20-42(34-9-5-2-6-10-34)32-46(44)48(43)40-17-13-36(14-18-40)38-25-29-50-30-26-38/h1-32H. The maximum Gasteiger partial charge on any atom is 0.0273 e. The molecule has 2 heteroatoms. The van der Waals surface area contributed by atoms with E-state index in [2.05, 4.69) is 180 Å². The monoisotopic (exact) mass is 636 g/mol. The molecule has 2 heterocycles. The van der Waals surface area contributed by atoms with E-state index in [-0.39, 0.29) is 0 Å². The summed E-state index contributed by atoms with van der Waals surface area (Å²) in [5.41, 5.74) is 14.3. The van der Waals surface area contributed by atoms with Crippen molar-refractivity contribution in [1.82, 2.24) is 9.97 Å². The maximum atomic E-state index is 4.22. The lowest BCUT2D eigenvalue weighted by molar-refractivity contribution is 1.33. The number of pyridine rings is 2. The fourth-order valence-corrected chi connectivity index (χ4v) is 7.22. The van der Waals surface area contributed by atoms with Crippen LogP contribution >= 0.6 is 0 Å². The number of fused-ring (bicyclic) bond motifs is 2. The van der Waals surface area contributed by atoms with Crippen LogP contribution in [0.25, 0.3) is 88.3 Å². The second-order valence-corrected chi connectivity index (χ2v) is 12.6. The molecule has 0 N–H and O–H groups in total. The van der Waals surface area contributed by atoms with Crippen LogP contribution in [-0.4, -0.2) is 9.97 Å². The highest BCUT2D eigenvalue weighted by atomic mass is 14.6. The quantitative estimate of drug-likeness (QED) is 0.170. The molecule has 2 nitrogen and oxygen atoms in total. The predicted octanol–water partition coefficient (Wildman–Crippen LogP) is 12.8. The first-order chi connectivity index (χ1) is 24.8. The van der Waals surface area contributed by atoms with E-state index in [0.717, 1.165) is 11.1 Å². The van der Waals surface area contributed by atoms with Crippen LogP contribution in [0, 0.1) is 0 Å². The normalized spacial score (nSPS) is 11.2. The average Bonchev–Trinajstić information content (AvgIpc) is 3.21. The van der Waals surface area contributed by atoms with Gasteiger partial charge >= 0.3 is 0 Å². The summed E-state index contributed by atoms with van der Waals surface area (Å²) in [4.78, 5) is 8.43. The second kappa shape index (κ2) is 12.8. The van der Waals surface area contributed by atoms with Crippen LogP contribution in [-0.2, 0) is 0 Å². The molecule has 0 spiro atoms. The molecule has 0 saturated carbocycles. The lowest BCUT2D eigenvalue weighted by atomic mass is 9.83. The Morgan fingerprint density at radius 2 is 0.520 bits per heavy atom. The van der Waals surface area contributed by atoms with Crippen molar-refractivity contribution in [2.24, 2.45) is 0 Å². The Morgan fingerprint density at radius 1 is 0.220 bits per heavy atom. The van der Waals surface area contributed by atoms with E-state index in [1.807, 2.05) is 24.8 Å². The molecule has 0 aliphatic carbocycles. The zero-order valence-electron chi connectivity index (χ0n) is 27.4. The largest absolute Gasteiger partial charge is 0.265 e. The SMILES string of the molecule is c1ccc(-c2ccc3c(-c4ccc(-c5ccncc5)cc4)c4cc(-c5ccccc5)ccc4c(-c4ccc(-c5ccncc5)cc4)c3c2)cc1. The molecule has 50 heavy (non-hydrogen) atoms. The molecule has 9 rings (SSSR count). The summed E-state index contributed by atoms with van der Waals surface area (Å²) < 4.78 is 0. The summed E-state index contributed by atoms with van der Waals surface area (Å²) in [5, 5.41) is 4.92. The van der Waals surface area contributed by atoms with Crippen LogP contribution in [0.5, 0.6) is 0 Å². The molecular formula is C48H32N2. The van der Waals surface area contributed by atoms with Gasteiger partial charge in [-0.15, -0.1) is 0 Å². The topological polar surface area (TPSA) is 25.8 Å². The Balaban J connectivity index is 1.34. The summed E-state index contributed by atoms with van der Waals surface area (Å²) in [6.07, 6.45) is 7.40. The summed E-state index contributed by atoms with van der Waals surface area (Å²) in [5.74, 6) is 0. The Morgan fingerprint density at radius 3 is 0.900 bits per heavy atom. The zero-order chi connectivity index (χ0) is 33.3. The molecule has 0 aliphatic rings. The van der Waals surface area contributed by atoms with E-state index in [0.29, 0.717) is 0 Å². The molecule has 0 amide bonds. The number of benzene rings is 7. The Hall–Kier alpha value is -6.64. The molecular weight excluding hydrogens is 605 g/mol. The number of hydrogen-bond donors (Lipinski definition) is 0.